The first-order valence-corrected chi connectivity index (χ1v) is 17.8. The van der Waals surface area contributed by atoms with E-state index in [0.29, 0.717) is 5.56 Å². The number of hydrogen-bond acceptors (Lipinski definition) is 0. The van der Waals surface area contributed by atoms with Crippen molar-refractivity contribution in [2.75, 3.05) is 0 Å². The minimum Gasteiger partial charge on any atom is -0.207 e. The van der Waals surface area contributed by atoms with E-state index < -0.39 is 11.6 Å². The van der Waals surface area contributed by atoms with E-state index in [4.69, 9.17) is 0 Å². The first-order chi connectivity index (χ1) is 25.8. The van der Waals surface area contributed by atoms with Crippen LogP contribution in [-0.4, -0.2) is 0 Å². The van der Waals surface area contributed by atoms with Crippen molar-refractivity contribution in [1.82, 2.24) is 0 Å². The molecule has 0 heterocycles. The van der Waals surface area contributed by atoms with Crippen LogP contribution in [-0.2, 0) is 0 Å². The molecule has 0 saturated heterocycles. The highest BCUT2D eigenvalue weighted by molar-refractivity contribution is 5.53. The van der Waals surface area contributed by atoms with Gasteiger partial charge in [-0.15, -0.1) is 0 Å². The Kier molecular flexibility index (Phi) is 12.7. The predicted molar refractivity (Wildman–Crippen MR) is 220 cm³/mol. The second-order valence-corrected chi connectivity index (χ2v) is 13.6. The van der Waals surface area contributed by atoms with Gasteiger partial charge >= 0.3 is 0 Å². The smallest absolute Gasteiger partial charge is 0.130 e. The van der Waals surface area contributed by atoms with Crippen LogP contribution in [0, 0.1) is 114 Å². The summed E-state index contributed by atoms with van der Waals surface area (Å²) in [7, 11) is 0. The molecule has 6 aromatic carbocycles. The Balaban J connectivity index is 0.000000208. The maximum atomic E-state index is 13.6. The summed E-state index contributed by atoms with van der Waals surface area (Å²) in [5.41, 5.74) is 15.8. The first kappa shape index (κ1) is 38.6. The van der Waals surface area contributed by atoms with Gasteiger partial charge in [0.05, 0.1) is 0 Å². The van der Waals surface area contributed by atoms with Crippen molar-refractivity contribution in [2.45, 2.75) is 55.4 Å². The van der Waals surface area contributed by atoms with E-state index in [9.17, 15) is 8.78 Å². The van der Waals surface area contributed by atoms with Gasteiger partial charge in [-0.3, -0.25) is 0 Å². The van der Waals surface area contributed by atoms with Gasteiger partial charge in [-0.25, -0.2) is 8.78 Å². The van der Waals surface area contributed by atoms with E-state index in [1.54, 1.807) is 0 Å². The second-order valence-electron chi connectivity index (χ2n) is 13.6. The maximum Gasteiger partial charge on any atom is 0.130 e. The van der Waals surface area contributed by atoms with Crippen LogP contribution >= 0.6 is 0 Å². The Bertz CT molecular complexity index is 2550. The molecular formula is C52H42F2. The molecule has 264 valence electrons. The van der Waals surface area contributed by atoms with Crippen LogP contribution in [0.15, 0.2) is 109 Å². The van der Waals surface area contributed by atoms with Crippen LogP contribution in [0.25, 0.3) is 0 Å². The second kappa shape index (κ2) is 17.8. The minimum atomic E-state index is -0.587. The zero-order valence-electron chi connectivity index (χ0n) is 32.1. The average molecular weight is 705 g/mol. The van der Waals surface area contributed by atoms with E-state index in [0.717, 1.165) is 44.5 Å². The standard InChI is InChI=1S/C26H20F2.C26H22/c1-17-13-19(3)24(14-18(17)2)12-11-22-7-5-21(6-8-22)9-10-23-15-25(27)20(4)26(28)16-23;1-19-5-7-23(8-6-19)9-10-24-11-13-25(14-12-24)15-16-26-18-21(3)20(2)17-22(26)4/h5-8,13-16H,1-4H3;5-8,11-14,17-18H,1-4H3. The highest BCUT2D eigenvalue weighted by atomic mass is 19.1. The lowest BCUT2D eigenvalue weighted by Gasteiger charge is -2.04. The number of hydrogen-bond donors (Lipinski definition) is 0. The van der Waals surface area contributed by atoms with Crippen molar-refractivity contribution in [3.8, 4) is 47.4 Å². The molecule has 0 spiro atoms. The molecule has 0 N–H and O–H groups in total. The fraction of sp³-hybridized carbons (Fsp3) is 0.154. The summed E-state index contributed by atoms with van der Waals surface area (Å²) in [5, 5.41) is 0. The van der Waals surface area contributed by atoms with Crippen molar-refractivity contribution in [2.24, 2.45) is 0 Å². The third-order valence-corrected chi connectivity index (χ3v) is 9.17. The first-order valence-electron chi connectivity index (χ1n) is 17.8. The predicted octanol–water partition coefficient (Wildman–Crippen LogP) is 11.7. The number of benzene rings is 6. The molecule has 2 heteroatoms. The van der Waals surface area contributed by atoms with Gasteiger partial charge in [-0.05, 0) is 174 Å². The van der Waals surface area contributed by atoms with Crippen LogP contribution in [0.2, 0.25) is 0 Å². The Labute approximate surface area is 320 Å². The molecule has 0 saturated carbocycles. The summed E-state index contributed by atoms with van der Waals surface area (Å²) in [6.45, 7) is 16.1. The van der Waals surface area contributed by atoms with Crippen LogP contribution in [0.1, 0.15) is 89.0 Å². The highest BCUT2D eigenvalue weighted by Gasteiger charge is 2.05. The van der Waals surface area contributed by atoms with Gasteiger partial charge in [0, 0.05) is 50.1 Å². The minimum absolute atomic E-state index is 0.00693. The third kappa shape index (κ3) is 10.7. The molecule has 0 nitrogen and oxygen atoms in total. The van der Waals surface area contributed by atoms with Crippen molar-refractivity contribution in [1.29, 1.82) is 0 Å². The van der Waals surface area contributed by atoms with E-state index in [1.807, 2.05) is 60.7 Å². The summed E-state index contributed by atoms with van der Waals surface area (Å²) in [5.74, 6) is 23.9. The molecule has 6 rings (SSSR count). The third-order valence-electron chi connectivity index (χ3n) is 9.17. The van der Waals surface area contributed by atoms with Gasteiger partial charge in [0.2, 0.25) is 0 Å². The molecule has 0 aliphatic carbocycles. The molecule has 0 radical (unpaired) electrons. The Morgan fingerprint density at radius 2 is 0.574 bits per heavy atom. The molecule has 0 unspecified atom stereocenters. The van der Waals surface area contributed by atoms with Gasteiger partial charge < -0.3 is 0 Å². The summed E-state index contributed by atoms with van der Waals surface area (Å²) >= 11 is 0. The summed E-state index contributed by atoms with van der Waals surface area (Å²) in [6, 6.07) is 35.0. The Morgan fingerprint density at radius 3 is 0.926 bits per heavy atom. The highest BCUT2D eigenvalue weighted by Crippen LogP contribution is 2.17. The summed E-state index contributed by atoms with van der Waals surface area (Å²) in [4.78, 5) is 0. The monoisotopic (exact) mass is 704 g/mol. The van der Waals surface area contributed by atoms with Gasteiger partial charge in [-0.2, -0.15) is 0 Å². The van der Waals surface area contributed by atoms with Gasteiger partial charge in [0.1, 0.15) is 11.6 Å². The Morgan fingerprint density at radius 1 is 0.296 bits per heavy atom. The van der Waals surface area contributed by atoms with E-state index in [-0.39, 0.29) is 5.56 Å². The molecule has 0 fully saturated rings. The summed E-state index contributed by atoms with van der Waals surface area (Å²) < 4.78 is 27.2. The lowest BCUT2D eigenvalue weighted by molar-refractivity contribution is 0.567. The van der Waals surface area contributed by atoms with Crippen LogP contribution < -0.4 is 0 Å². The molecule has 0 aliphatic heterocycles. The van der Waals surface area contributed by atoms with E-state index >= 15 is 0 Å². The van der Waals surface area contributed by atoms with Gasteiger partial charge in [0.15, 0.2) is 0 Å². The molecule has 0 atom stereocenters. The molecule has 0 aliphatic rings. The van der Waals surface area contributed by atoms with Crippen molar-refractivity contribution in [3.05, 3.63) is 210 Å². The van der Waals surface area contributed by atoms with Crippen LogP contribution in [0.5, 0.6) is 0 Å². The molecule has 0 amide bonds. The van der Waals surface area contributed by atoms with Crippen molar-refractivity contribution in [3.63, 3.8) is 0 Å². The quantitative estimate of drug-likeness (QED) is 0.138. The normalized spacial score (nSPS) is 9.81. The zero-order valence-corrected chi connectivity index (χ0v) is 32.1. The Hall–Kier alpha value is -6.58. The molecule has 0 bridgehead atoms. The zero-order chi connectivity index (χ0) is 38.8. The topological polar surface area (TPSA) is 0 Å². The lowest BCUT2D eigenvalue weighted by atomic mass is 10.0. The van der Waals surface area contributed by atoms with Crippen LogP contribution in [0.4, 0.5) is 8.78 Å². The number of rotatable bonds is 0. The fourth-order valence-electron chi connectivity index (χ4n) is 5.39. The van der Waals surface area contributed by atoms with Gasteiger partial charge in [-0.1, -0.05) is 77.2 Å². The summed E-state index contributed by atoms with van der Waals surface area (Å²) in [6.07, 6.45) is 0. The maximum absolute atomic E-state index is 13.6. The number of halogens is 2. The SMILES string of the molecule is Cc1cc(C)c(C#Cc2ccc(C#Cc3cc(F)c(C)c(F)c3)cc2)cc1C.Cc1ccc(C#Cc2ccc(C#Cc3cc(C)c(C)cc3C)cc2)cc1. The molecule has 6 aromatic rings. The lowest BCUT2D eigenvalue weighted by Crippen LogP contribution is -1.90. The van der Waals surface area contributed by atoms with Crippen LogP contribution in [0.3, 0.4) is 0 Å². The van der Waals surface area contributed by atoms with Gasteiger partial charge in [0.25, 0.3) is 0 Å². The number of aryl methyl sites for hydroxylation is 7. The molecule has 0 aromatic heterocycles. The largest absolute Gasteiger partial charge is 0.207 e. The van der Waals surface area contributed by atoms with E-state index in [1.165, 1.54) is 52.4 Å². The fourth-order valence-corrected chi connectivity index (χ4v) is 5.39. The van der Waals surface area contributed by atoms with E-state index in [2.05, 4.69) is 132 Å². The van der Waals surface area contributed by atoms with Crippen molar-refractivity contribution >= 4 is 0 Å². The molecular weight excluding hydrogens is 663 g/mol. The van der Waals surface area contributed by atoms with Crippen molar-refractivity contribution < 1.29 is 8.78 Å². The average Bonchev–Trinajstić information content (AvgIpc) is 3.15. The molecule has 54 heavy (non-hydrogen) atoms.